The molecule has 2 heterocycles. The van der Waals surface area contributed by atoms with Gasteiger partial charge in [0.05, 0.1) is 5.25 Å². The van der Waals surface area contributed by atoms with Crippen LogP contribution in [0.25, 0.3) is 0 Å². The first kappa shape index (κ1) is 20.1. The number of hydrogen-bond acceptors (Lipinski definition) is 4. The summed E-state index contributed by atoms with van der Waals surface area (Å²) < 4.78 is 27.9. The van der Waals surface area contributed by atoms with E-state index in [1.807, 2.05) is 4.90 Å². The van der Waals surface area contributed by atoms with Crippen molar-refractivity contribution in [1.82, 2.24) is 14.5 Å². The number of piperidine rings is 2. The molecule has 0 aromatic carbocycles. The highest BCUT2D eigenvalue weighted by Gasteiger charge is 2.39. The number of nitrogens with zero attached hydrogens (tertiary/aromatic N) is 2. The monoisotopic (exact) mass is 385 g/mol. The Hall–Kier alpha value is -0.660. The van der Waals surface area contributed by atoms with Gasteiger partial charge in [-0.15, -0.1) is 0 Å². The highest BCUT2D eigenvalue weighted by molar-refractivity contribution is 7.89. The van der Waals surface area contributed by atoms with Crippen molar-refractivity contribution in [3.8, 4) is 0 Å². The summed E-state index contributed by atoms with van der Waals surface area (Å²) in [5.74, 6) is 0.915. The number of carbonyl (C=O) groups is 1. The van der Waals surface area contributed by atoms with Crippen molar-refractivity contribution in [1.29, 1.82) is 0 Å². The van der Waals surface area contributed by atoms with Gasteiger partial charge in [-0.1, -0.05) is 19.8 Å². The zero-order valence-corrected chi connectivity index (χ0v) is 17.0. The van der Waals surface area contributed by atoms with Gasteiger partial charge in [-0.2, -0.15) is 0 Å². The molecule has 3 fully saturated rings. The predicted molar refractivity (Wildman–Crippen MR) is 103 cm³/mol. The van der Waals surface area contributed by atoms with Gasteiger partial charge in [0.2, 0.25) is 15.9 Å². The molecule has 0 spiro atoms. The van der Waals surface area contributed by atoms with Crippen LogP contribution in [-0.4, -0.2) is 68.0 Å². The van der Waals surface area contributed by atoms with E-state index in [0.717, 1.165) is 64.6 Å². The van der Waals surface area contributed by atoms with Gasteiger partial charge in [-0.3, -0.25) is 4.79 Å². The van der Waals surface area contributed by atoms with Crippen LogP contribution in [0.2, 0.25) is 0 Å². The summed E-state index contributed by atoms with van der Waals surface area (Å²) in [5.41, 5.74) is 0. The second kappa shape index (κ2) is 9.02. The average molecular weight is 386 g/mol. The van der Waals surface area contributed by atoms with E-state index >= 15 is 0 Å². The van der Waals surface area contributed by atoms with Crippen LogP contribution >= 0.6 is 0 Å². The molecule has 0 radical (unpaired) electrons. The third-order valence-corrected chi connectivity index (χ3v) is 8.74. The first-order valence-corrected chi connectivity index (χ1v) is 12.0. The Morgan fingerprint density at radius 1 is 1.00 bits per heavy atom. The van der Waals surface area contributed by atoms with E-state index in [4.69, 9.17) is 0 Å². The Labute approximate surface area is 158 Å². The van der Waals surface area contributed by atoms with Crippen LogP contribution in [0.5, 0.6) is 0 Å². The Kier molecular flexibility index (Phi) is 6.97. The standard InChI is InChI=1S/C19H35N3O3S/c1-2-20-14-16-9-12-22(13-10-16)26(24,25)18-8-5-11-21(15-18)19(23)17-6-3-4-7-17/h16-18,20H,2-15H2,1H3. The first-order chi connectivity index (χ1) is 12.5. The Morgan fingerprint density at radius 3 is 2.35 bits per heavy atom. The second-order valence-corrected chi connectivity index (χ2v) is 10.4. The molecule has 1 N–H and O–H groups in total. The van der Waals surface area contributed by atoms with Crippen molar-refractivity contribution < 1.29 is 13.2 Å². The molecule has 1 amide bonds. The number of sulfonamides is 1. The van der Waals surface area contributed by atoms with Crippen LogP contribution in [0.4, 0.5) is 0 Å². The molecule has 2 aliphatic heterocycles. The quantitative estimate of drug-likeness (QED) is 0.757. The maximum absolute atomic E-state index is 13.1. The Bertz CT molecular complexity index is 567. The van der Waals surface area contributed by atoms with E-state index < -0.39 is 15.3 Å². The van der Waals surface area contributed by atoms with Crippen molar-refractivity contribution >= 4 is 15.9 Å². The molecule has 6 nitrogen and oxygen atoms in total. The molecule has 1 aliphatic carbocycles. The molecular weight excluding hydrogens is 350 g/mol. The molecular formula is C19H35N3O3S. The van der Waals surface area contributed by atoms with Gasteiger partial charge in [-0.05, 0) is 57.5 Å². The summed E-state index contributed by atoms with van der Waals surface area (Å²) in [6.45, 7) is 6.43. The minimum Gasteiger partial charge on any atom is -0.341 e. The fourth-order valence-corrected chi connectivity index (χ4v) is 6.71. The van der Waals surface area contributed by atoms with Crippen LogP contribution in [0, 0.1) is 11.8 Å². The van der Waals surface area contributed by atoms with Crippen molar-refractivity contribution in [2.24, 2.45) is 11.8 Å². The maximum atomic E-state index is 13.1. The molecule has 2 saturated heterocycles. The molecule has 7 heteroatoms. The van der Waals surface area contributed by atoms with Gasteiger partial charge in [0.25, 0.3) is 0 Å². The molecule has 1 saturated carbocycles. The number of rotatable bonds is 6. The van der Waals surface area contributed by atoms with Crippen LogP contribution < -0.4 is 5.32 Å². The molecule has 0 aromatic rings. The number of amides is 1. The van der Waals surface area contributed by atoms with Gasteiger partial charge >= 0.3 is 0 Å². The van der Waals surface area contributed by atoms with Crippen LogP contribution in [-0.2, 0) is 14.8 Å². The summed E-state index contributed by atoms with van der Waals surface area (Å²) in [4.78, 5) is 14.5. The lowest BCUT2D eigenvalue weighted by molar-refractivity contribution is -0.136. The van der Waals surface area contributed by atoms with Crippen LogP contribution in [0.15, 0.2) is 0 Å². The number of carbonyl (C=O) groups excluding carboxylic acids is 1. The first-order valence-electron chi connectivity index (χ1n) is 10.5. The van der Waals surface area contributed by atoms with Crippen molar-refractivity contribution in [3.63, 3.8) is 0 Å². The Balaban J connectivity index is 1.56. The molecule has 0 bridgehead atoms. The second-order valence-electron chi connectivity index (χ2n) is 8.22. The minimum absolute atomic E-state index is 0.137. The normalized spacial score (nSPS) is 27.1. The third-order valence-electron chi connectivity index (χ3n) is 6.43. The van der Waals surface area contributed by atoms with Crippen molar-refractivity contribution in [3.05, 3.63) is 0 Å². The molecule has 1 atom stereocenters. The smallest absolute Gasteiger partial charge is 0.225 e. The Morgan fingerprint density at radius 2 is 1.69 bits per heavy atom. The van der Waals surface area contributed by atoms with Gasteiger partial charge < -0.3 is 10.2 Å². The maximum Gasteiger partial charge on any atom is 0.225 e. The largest absolute Gasteiger partial charge is 0.341 e. The predicted octanol–water partition coefficient (Wildman–Crippen LogP) is 1.82. The van der Waals surface area contributed by atoms with E-state index in [0.29, 0.717) is 32.0 Å². The van der Waals surface area contributed by atoms with Crippen molar-refractivity contribution in [2.75, 3.05) is 39.3 Å². The molecule has 3 aliphatic rings. The van der Waals surface area contributed by atoms with Crippen LogP contribution in [0.1, 0.15) is 58.3 Å². The molecule has 26 heavy (non-hydrogen) atoms. The number of hydrogen-bond donors (Lipinski definition) is 1. The van der Waals surface area contributed by atoms with E-state index in [1.165, 1.54) is 0 Å². The van der Waals surface area contributed by atoms with Gasteiger partial charge in [0.15, 0.2) is 0 Å². The lowest BCUT2D eigenvalue weighted by Crippen LogP contribution is -2.52. The van der Waals surface area contributed by atoms with Gasteiger partial charge in [-0.25, -0.2) is 12.7 Å². The summed E-state index contributed by atoms with van der Waals surface area (Å²) in [6, 6.07) is 0. The topological polar surface area (TPSA) is 69.7 Å². The van der Waals surface area contributed by atoms with E-state index in [2.05, 4.69) is 12.2 Å². The van der Waals surface area contributed by atoms with E-state index in [-0.39, 0.29) is 11.8 Å². The SMILES string of the molecule is CCNCC1CCN(S(=O)(=O)C2CCCN(C(=O)C3CCCC3)C2)CC1. The summed E-state index contributed by atoms with van der Waals surface area (Å²) in [5, 5.41) is 2.96. The molecule has 3 rings (SSSR count). The lowest BCUT2D eigenvalue weighted by atomic mass is 9.98. The fraction of sp³-hybridized carbons (Fsp3) is 0.947. The molecule has 150 valence electrons. The van der Waals surface area contributed by atoms with E-state index in [1.54, 1.807) is 4.31 Å². The zero-order chi connectivity index (χ0) is 18.6. The summed E-state index contributed by atoms with van der Waals surface area (Å²) >= 11 is 0. The molecule has 0 aromatic heterocycles. The summed E-state index contributed by atoms with van der Waals surface area (Å²) in [7, 11) is -3.30. The highest BCUT2D eigenvalue weighted by Crippen LogP contribution is 2.30. The lowest BCUT2D eigenvalue weighted by Gasteiger charge is -2.38. The van der Waals surface area contributed by atoms with Crippen molar-refractivity contribution in [2.45, 2.75) is 63.5 Å². The summed E-state index contributed by atoms with van der Waals surface area (Å²) in [6.07, 6.45) is 7.58. The molecule has 1 unspecified atom stereocenters. The highest BCUT2D eigenvalue weighted by atomic mass is 32.2. The average Bonchev–Trinajstić information content (AvgIpc) is 3.21. The van der Waals surface area contributed by atoms with Gasteiger partial charge in [0.1, 0.15) is 0 Å². The minimum atomic E-state index is -3.30. The van der Waals surface area contributed by atoms with Gasteiger partial charge in [0, 0.05) is 32.1 Å². The number of nitrogens with one attached hydrogen (secondary N) is 1. The zero-order valence-electron chi connectivity index (χ0n) is 16.2. The number of likely N-dealkylation sites (tertiary alicyclic amines) is 1. The van der Waals surface area contributed by atoms with Crippen LogP contribution in [0.3, 0.4) is 0 Å². The fourth-order valence-electron chi connectivity index (χ4n) is 4.74. The van der Waals surface area contributed by atoms with E-state index in [9.17, 15) is 13.2 Å². The third kappa shape index (κ3) is 4.60.